The number of hydrogen-bond acceptors (Lipinski definition) is 9. The molecule has 1 saturated heterocycles. The molecule has 1 aliphatic heterocycles. The van der Waals surface area contributed by atoms with E-state index in [1.165, 1.54) is 4.90 Å². The lowest BCUT2D eigenvalue weighted by atomic mass is 9.78. The van der Waals surface area contributed by atoms with Crippen molar-refractivity contribution in [2.75, 3.05) is 19.7 Å². The number of carbonyl (C=O) groups is 8. The van der Waals surface area contributed by atoms with Crippen molar-refractivity contribution in [3.8, 4) is 0 Å². The Kier molecular flexibility index (Phi) is 15.4. The van der Waals surface area contributed by atoms with E-state index in [2.05, 4.69) is 21.3 Å². The van der Waals surface area contributed by atoms with Gasteiger partial charge in [0.2, 0.25) is 29.4 Å². The SMILES string of the molecule is CCCC(NC(=O)[C@@H]1CCCN1C(=O)[C@@H](NC(=O)OCC(C)C)C1CCC(C(=O)O)CC1)C(=O)C(=O)NCC(=O)N[C@H](C(N)=O)c1ccccc1. The highest BCUT2D eigenvalue weighted by Crippen LogP contribution is 2.33. The van der Waals surface area contributed by atoms with Crippen LogP contribution in [0.15, 0.2) is 30.3 Å². The monoisotopic (exact) mass is 714 g/mol. The minimum Gasteiger partial charge on any atom is -0.481 e. The second-order valence-electron chi connectivity index (χ2n) is 13.5. The molecule has 2 fully saturated rings. The average molecular weight is 715 g/mol. The molecule has 1 heterocycles. The fraction of sp³-hybridized carbons (Fsp3) is 0.600. The summed E-state index contributed by atoms with van der Waals surface area (Å²) < 4.78 is 5.27. The number of nitrogens with zero attached hydrogens (tertiary/aromatic N) is 1. The molecule has 2 aliphatic rings. The Bertz CT molecular complexity index is 1430. The van der Waals surface area contributed by atoms with Crippen molar-refractivity contribution < 1.29 is 48.2 Å². The van der Waals surface area contributed by atoms with Crippen LogP contribution >= 0.6 is 0 Å². The van der Waals surface area contributed by atoms with Gasteiger partial charge in [0.05, 0.1) is 25.1 Å². The Labute approximate surface area is 297 Å². The van der Waals surface area contributed by atoms with Gasteiger partial charge in [0.1, 0.15) is 18.1 Å². The number of nitrogens with two attached hydrogens (primary N) is 1. The van der Waals surface area contributed by atoms with Crippen molar-refractivity contribution in [2.45, 2.75) is 96.3 Å². The summed E-state index contributed by atoms with van der Waals surface area (Å²) in [4.78, 5) is 104. The van der Waals surface area contributed by atoms with Gasteiger partial charge in [-0.15, -0.1) is 0 Å². The Balaban J connectivity index is 1.66. The van der Waals surface area contributed by atoms with Crippen molar-refractivity contribution >= 4 is 47.4 Å². The van der Waals surface area contributed by atoms with Gasteiger partial charge in [-0.2, -0.15) is 0 Å². The number of primary amides is 1. The van der Waals surface area contributed by atoms with Gasteiger partial charge in [-0.05, 0) is 62.3 Å². The largest absolute Gasteiger partial charge is 0.481 e. The molecule has 4 atom stereocenters. The first-order chi connectivity index (χ1) is 24.2. The number of benzene rings is 1. The molecule has 1 aromatic rings. The number of carboxylic acids is 1. The van der Waals surface area contributed by atoms with Gasteiger partial charge in [-0.3, -0.25) is 33.6 Å². The summed E-state index contributed by atoms with van der Waals surface area (Å²) in [6, 6.07) is 3.78. The van der Waals surface area contributed by atoms with Gasteiger partial charge in [-0.1, -0.05) is 57.5 Å². The second-order valence-corrected chi connectivity index (χ2v) is 13.5. The minimum atomic E-state index is -1.25. The molecule has 3 rings (SSSR count). The van der Waals surface area contributed by atoms with Crippen LogP contribution in [0.25, 0.3) is 0 Å². The van der Waals surface area contributed by atoms with E-state index in [9.17, 15) is 43.5 Å². The summed E-state index contributed by atoms with van der Waals surface area (Å²) in [7, 11) is 0. The Hall–Kier alpha value is -5.02. The van der Waals surface area contributed by atoms with Crippen LogP contribution in [0.2, 0.25) is 0 Å². The number of ketones is 1. The standard InChI is InChI=1S/C35H50N6O10/c1-4-9-24(29(43)32(46)37-18-26(42)39-27(30(36)44)21-10-6-5-7-11-21)38-31(45)25-12-8-17-41(25)33(47)28(40-35(50)51-19-20(2)3)22-13-15-23(16-14-22)34(48)49/h5-7,10-11,20,22-25,27-28H,4,8-9,12-19H2,1-3H3,(H2,36,44)(H,37,46)(H,38,45)(H,39,42)(H,40,50)(H,48,49)/t22?,23?,24?,25-,27-,28-/m0/s1. The summed E-state index contributed by atoms with van der Waals surface area (Å²) in [6.45, 7) is 5.17. The lowest BCUT2D eigenvalue weighted by Gasteiger charge is -2.35. The van der Waals surface area contributed by atoms with E-state index < -0.39 is 84.0 Å². The van der Waals surface area contributed by atoms with E-state index in [0.29, 0.717) is 44.1 Å². The van der Waals surface area contributed by atoms with Gasteiger partial charge in [0.25, 0.3) is 5.91 Å². The van der Waals surface area contributed by atoms with Gasteiger partial charge in [0.15, 0.2) is 0 Å². The summed E-state index contributed by atoms with van der Waals surface area (Å²) in [5, 5.41) is 19.4. The smallest absolute Gasteiger partial charge is 0.407 e. The van der Waals surface area contributed by atoms with Crippen molar-refractivity contribution in [1.29, 1.82) is 0 Å². The molecule has 7 N–H and O–H groups in total. The van der Waals surface area contributed by atoms with Crippen LogP contribution in [0, 0.1) is 17.8 Å². The Morgan fingerprint density at radius 3 is 2.20 bits per heavy atom. The first kappa shape index (κ1) is 40.4. The number of alkyl carbamates (subject to hydrolysis) is 1. The zero-order valence-electron chi connectivity index (χ0n) is 29.4. The van der Waals surface area contributed by atoms with Crippen LogP contribution in [0.1, 0.15) is 83.7 Å². The van der Waals surface area contributed by atoms with E-state index in [-0.39, 0.29) is 37.8 Å². The van der Waals surface area contributed by atoms with Crippen LogP contribution in [-0.2, 0) is 38.3 Å². The van der Waals surface area contributed by atoms with Gasteiger partial charge in [-0.25, -0.2) is 4.79 Å². The minimum absolute atomic E-state index is 0.0504. The normalized spacial score (nSPS) is 20.3. The number of amides is 6. The number of nitrogens with one attached hydrogen (secondary N) is 4. The highest BCUT2D eigenvalue weighted by atomic mass is 16.5. The summed E-state index contributed by atoms with van der Waals surface area (Å²) in [6.07, 6.45) is 1.88. The van der Waals surface area contributed by atoms with E-state index in [0.717, 1.165) is 0 Å². The summed E-state index contributed by atoms with van der Waals surface area (Å²) in [5.41, 5.74) is 5.86. The van der Waals surface area contributed by atoms with Crippen molar-refractivity contribution in [2.24, 2.45) is 23.5 Å². The third kappa shape index (κ3) is 11.8. The Morgan fingerprint density at radius 1 is 0.941 bits per heavy atom. The lowest BCUT2D eigenvalue weighted by Crippen LogP contribution is -2.58. The fourth-order valence-electron chi connectivity index (χ4n) is 6.38. The van der Waals surface area contributed by atoms with Gasteiger partial charge in [0, 0.05) is 6.54 Å². The summed E-state index contributed by atoms with van der Waals surface area (Å²) >= 11 is 0. The maximum atomic E-state index is 14.0. The fourth-order valence-corrected chi connectivity index (χ4v) is 6.38. The van der Waals surface area contributed by atoms with Crippen LogP contribution in [0.3, 0.4) is 0 Å². The molecular formula is C35H50N6O10. The molecule has 0 bridgehead atoms. The van der Waals surface area contributed by atoms with Crippen LogP contribution in [-0.4, -0.2) is 95.2 Å². The quantitative estimate of drug-likeness (QED) is 0.125. The summed E-state index contributed by atoms with van der Waals surface area (Å²) in [5.74, 6) is -6.67. The predicted molar refractivity (Wildman–Crippen MR) is 182 cm³/mol. The number of rotatable bonds is 17. The van der Waals surface area contributed by atoms with Crippen molar-refractivity contribution in [1.82, 2.24) is 26.2 Å². The molecule has 1 aromatic carbocycles. The lowest BCUT2D eigenvalue weighted by molar-refractivity contribution is -0.144. The molecule has 0 aromatic heterocycles. The number of ether oxygens (including phenoxy) is 1. The van der Waals surface area contributed by atoms with Crippen LogP contribution in [0.5, 0.6) is 0 Å². The van der Waals surface area contributed by atoms with Crippen LogP contribution in [0.4, 0.5) is 4.79 Å². The zero-order chi connectivity index (χ0) is 37.7. The first-order valence-corrected chi connectivity index (χ1v) is 17.5. The van der Waals surface area contributed by atoms with E-state index in [4.69, 9.17) is 10.5 Å². The molecule has 16 heteroatoms. The molecule has 0 spiro atoms. The molecule has 6 amide bonds. The molecule has 1 saturated carbocycles. The van der Waals surface area contributed by atoms with E-state index in [1.807, 2.05) is 13.8 Å². The number of aliphatic carboxylic acids is 1. The maximum Gasteiger partial charge on any atom is 0.407 e. The van der Waals surface area contributed by atoms with Crippen LogP contribution < -0.4 is 27.0 Å². The molecular weight excluding hydrogens is 664 g/mol. The second kappa shape index (κ2) is 19.4. The average Bonchev–Trinajstić information content (AvgIpc) is 3.61. The molecule has 1 unspecified atom stereocenters. The maximum absolute atomic E-state index is 14.0. The van der Waals surface area contributed by atoms with Crippen molar-refractivity contribution in [3.05, 3.63) is 35.9 Å². The highest BCUT2D eigenvalue weighted by Gasteiger charge is 2.43. The third-order valence-corrected chi connectivity index (χ3v) is 9.08. The molecule has 280 valence electrons. The Morgan fingerprint density at radius 2 is 1.61 bits per heavy atom. The first-order valence-electron chi connectivity index (χ1n) is 17.5. The number of carboxylic acid groups (broad SMARTS) is 1. The predicted octanol–water partition coefficient (Wildman–Crippen LogP) is 0.932. The topological polar surface area (TPSA) is 243 Å². The third-order valence-electron chi connectivity index (χ3n) is 9.08. The van der Waals surface area contributed by atoms with Crippen molar-refractivity contribution in [3.63, 3.8) is 0 Å². The molecule has 1 aliphatic carbocycles. The van der Waals surface area contributed by atoms with Gasteiger partial charge < -0.3 is 41.7 Å². The van der Waals surface area contributed by atoms with E-state index >= 15 is 0 Å². The molecule has 16 nitrogen and oxygen atoms in total. The molecule has 51 heavy (non-hydrogen) atoms. The zero-order valence-corrected chi connectivity index (χ0v) is 29.4. The van der Waals surface area contributed by atoms with E-state index in [1.54, 1.807) is 37.3 Å². The van der Waals surface area contributed by atoms with Gasteiger partial charge >= 0.3 is 12.1 Å². The number of Topliss-reactive ketones (excluding diaryl/α,β-unsaturated/α-hetero) is 1. The highest BCUT2D eigenvalue weighted by molar-refractivity contribution is 6.38. The number of carbonyl (C=O) groups excluding carboxylic acids is 7. The molecule has 0 radical (unpaired) electrons. The number of likely N-dealkylation sites (tertiary alicyclic amines) is 1. The number of hydrogen-bond donors (Lipinski definition) is 6.